The van der Waals surface area contributed by atoms with Gasteiger partial charge in [-0.3, -0.25) is 4.79 Å². The Morgan fingerprint density at radius 3 is 2.67 bits per heavy atom. The van der Waals surface area contributed by atoms with E-state index in [1.165, 1.54) is 12.6 Å². The first-order chi connectivity index (χ1) is 11.3. The van der Waals surface area contributed by atoms with Crippen molar-refractivity contribution in [1.82, 2.24) is 10.3 Å². The summed E-state index contributed by atoms with van der Waals surface area (Å²) in [4.78, 5) is 27.8. The topological polar surface area (TPSA) is 68.3 Å². The minimum Gasteiger partial charge on any atom is -0.451 e. The van der Waals surface area contributed by atoms with Gasteiger partial charge in [-0.05, 0) is 18.3 Å². The van der Waals surface area contributed by atoms with Crippen molar-refractivity contribution in [1.29, 1.82) is 0 Å². The van der Waals surface area contributed by atoms with Gasteiger partial charge in [0.05, 0.1) is 15.1 Å². The number of carbonyl (C=O) groups excluding carboxylic acids is 2. The second-order valence-electron chi connectivity index (χ2n) is 6.10. The predicted molar refractivity (Wildman–Crippen MR) is 93.7 cm³/mol. The van der Waals surface area contributed by atoms with Gasteiger partial charge < -0.3 is 10.1 Å². The summed E-state index contributed by atoms with van der Waals surface area (Å²) >= 11 is 17.5. The average Bonchev–Trinajstić information content (AvgIpc) is 2.55. The summed E-state index contributed by atoms with van der Waals surface area (Å²) < 4.78 is 4.97. The molecular weight excluding hydrogens is 375 g/mol. The molecule has 24 heavy (non-hydrogen) atoms. The molecular formula is C16H19Cl3N2O3. The zero-order valence-electron chi connectivity index (χ0n) is 13.4. The number of ether oxygens (including phenoxy) is 1. The molecule has 2 rings (SSSR count). The van der Waals surface area contributed by atoms with Crippen molar-refractivity contribution in [2.75, 3.05) is 6.61 Å². The monoisotopic (exact) mass is 392 g/mol. The molecule has 0 spiro atoms. The lowest BCUT2D eigenvalue weighted by molar-refractivity contribution is -0.125. The first-order valence-electron chi connectivity index (χ1n) is 7.77. The van der Waals surface area contributed by atoms with Gasteiger partial charge in [0.25, 0.3) is 5.91 Å². The van der Waals surface area contributed by atoms with E-state index in [2.05, 4.69) is 24.1 Å². The van der Waals surface area contributed by atoms with Crippen LogP contribution in [0.15, 0.2) is 6.20 Å². The summed E-state index contributed by atoms with van der Waals surface area (Å²) in [7, 11) is 0. The van der Waals surface area contributed by atoms with Crippen molar-refractivity contribution in [3.8, 4) is 0 Å². The first kappa shape index (κ1) is 19.3. The molecule has 1 aliphatic rings. The number of halogens is 3. The standard InChI is InChI=1S/C16H19Cl3N2O3/c1-8-4-3-5-11(9(8)2)21-12(22)7-24-16(23)15-14(19)13(18)10(17)6-20-15/h6,8-9,11H,3-5,7H2,1-2H3,(H,21,22)/t8-,9+,11+/m1/s1. The molecule has 1 N–H and O–H groups in total. The van der Waals surface area contributed by atoms with Crippen molar-refractivity contribution in [2.45, 2.75) is 39.2 Å². The molecule has 1 heterocycles. The van der Waals surface area contributed by atoms with Gasteiger partial charge in [-0.2, -0.15) is 0 Å². The predicted octanol–water partition coefficient (Wildman–Crippen LogP) is 4.14. The van der Waals surface area contributed by atoms with Crippen LogP contribution >= 0.6 is 34.8 Å². The fourth-order valence-corrected chi connectivity index (χ4v) is 3.38. The number of esters is 1. The summed E-state index contributed by atoms with van der Waals surface area (Å²) in [5.74, 6) is -0.209. The van der Waals surface area contributed by atoms with E-state index < -0.39 is 12.6 Å². The number of carbonyl (C=O) groups is 2. The van der Waals surface area contributed by atoms with Gasteiger partial charge in [0.1, 0.15) is 0 Å². The van der Waals surface area contributed by atoms with Gasteiger partial charge in [0, 0.05) is 12.2 Å². The van der Waals surface area contributed by atoms with E-state index in [9.17, 15) is 9.59 Å². The third-order valence-corrected chi connectivity index (χ3v) is 5.74. The summed E-state index contributed by atoms with van der Waals surface area (Å²) in [5, 5.41) is 2.99. The van der Waals surface area contributed by atoms with Crippen LogP contribution in [0.1, 0.15) is 43.6 Å². The number of hydrogen-bond donors (Lipinski definition) is 1. The minimum atomic E-state index is -0.821. The molecule has 1 aliphatic carbocycles. The molecule has 1 amide bonds. The van der Waals surface area contributed by atoms with Gasteiger partial charge in [0.15, 0.2) is 12.3 Å². The maximum atomic E-state index is 12.0. The first-order valence-corrected chi connectivity index (χ1v) is 8.90. The number of rotatable bonds is 4. The van der Waals surface area contributed by atoms with Crippen molar-refractivity contribution in [3.63, 3.8) is 0 Å². The number of hydrogen-bond acceptors (Lipinski definition) is 4. The van der Waals surface area contributed by atoms with E-state index in [4.69, 9.17) is 39.5 Å². The second-order valence-corrected chi connectivity index (χ2v) is 7.26. The molecule has 5 nitrogen and oxygen atoms in total. The number of pyridine rings is 1. The van der Waals surface area contributed by atoms with Gasteiger partial charge in [-0.25, -0.2) is 9.78 Å². The summed E-state index contributed by atoms with van der Waals surface area (Å²) in [6.45, 7) is 3.91. The van der Waals surface area contributed by atoms with Crippen LogP contribution in [0.25, 0.3) is 0 Å². The molecule has 3 atom stereocenters. The van der Waals surface area contributed by atoms with Crippen LogP contribution in [0.5, 0.6) is 0 Å². The molecule has 1 saturated carbocycles. The van der Waals surface area contributed by atoms with E-state index in [0.717, 1.165) is 12.8 Å². The highest BCUT2D eigenvalue weighted by atomic mass is 35.5. The highest BCUT2D eigenvalue weighted by molar-refractivity contribution is 6.48. The number of amides is 1. The molecule has 0 saturated heterocycles. The average molecular weight is 394 g/mol. The van der Waals surface area contributed by atoms with E-state index in [-0.39, 0.29) is 32.7 Å². The molecule has 0 unspecified atom stereocenters. The van der Waals surface area contributed by atoms with Crippen LogP contribution in [-0.4, -0.2) is 29.5 Å². The Morgan fingerprint density at radius 2 is 1.96 bits per heavy atom. The van der Waals surface area contributed by atoms with Crippen LogP contribution in [0, 0.1) is 11.8 Å². The van der Waals surface area contributed by atoms with E-state index in [0.29, 0.717) is 11.8 Å². The van der Waals surface area contributed by atoms with Crippen LogP contribution in [-0.2, 0) is 9.53 Å². The summed E-state index contributed by atoms with van der Waals surface area (Å²) in [6.07, 6.45) is 4.39. The lowest BCUT2D eigenvalue weighted by Crippen LogP contribution is -2.45. The van der Waals surface area contributed by atoms with Crippen LogP contribution < -0.4 is 5.32 Å². The lowest BCUT2D eigenvalue weighted by atomic mass is 9.78. The second kappa shape index (κ2) is 8.37. The highest BCUT2D eigenvalue weighted by Gasteiger charge is 2.28. The zero-order chi connectivity index (χ0) is 17.9. The Hall–Kier alpha value is -1.04. The van der Waals surface area contributed by atoms with E-state index >= 15 is 0 Å². The van der Waals surface area contributed by atoms with Gasteiger partial charge >= 0.3 is 5.97 Å². The summed E-state index contributed by atoms with van der Waals surface area (Å²) in [5.41, 5.74) is -0.168. The fourth-order valence-electron chi connectivity index (χ4n) is 2.82. The normalized spacial score (nSPS) is 23.6. The third-order valence-electron chi connectivity index (χ3n) is 4.50. The number of nitrogens with zero attached hydrogens (tertiary/aromatic N) is 1. The van der Waals surface area contributed by atoms with Gasteiger partial charge in [-0.1, -0.05) is 61.5 Å². The molecule has 0 bridgehead atoms. The molecule has 8 heteroatoms. The molecule has 0 radical (unpaired) electrons. The summed E-state index contributed by atoms with van der Waals surface area (Å²) in [6, 6.07) is 0.103. The molecule has 1 aromatic rings. The highest BCUT2D eigenvalue weighted by Crippen LogP contribution is 2.31. The smallest absolute Gasteiger partial charge is 0.359 e. The van der Waals surface area contributed by atoms with Crippen LogP contribution in [0.3, 0.4) is 0 Å². The van der Waals surface area contributed by atoms with Crippen LogP contribution in [0.2, 0.25) is 15.1 Å². The Labute approximate surface area is 156 Å². The van der Waals surface area contributed by atoms with Crippen molar-refractivity contribution < 1.29 is 14.3 Å². The Balaban J connectivity index is 1.90. The van der Waals surface area contributed by atoms with Gasteiger partial charge in [-0.15, -0.1) is 0 Å². The largest absolute Gasteiger partial charge is 0.451 e. The quantitative estimate of drug-likeness (QED) is 0.781. The fraction of sp³-hybridized carbons (Fsp3) is 0.562. The maximum Gasteiger partial charge on any atom is 0.359 e. The lowest BCUT2D eigenvalue weighted by Gasteiger charge is -2.34. The Kier molecular flexibility index (Phi) is 6.72. The molecule has 1 aromatic heterocycles. The number of aromatic nitrogens is 1. The Morgan fingerprint density at radius 1 is 1.25 bits per heavy atom. The SMILES string of the molecule is C[C@H]1[C@H](C)CCC[C@@H]1NC(=O)COC(=O)c1ncc(Cl)c(Cl)c1Cl. The molecule has 1 fully saturated rings. The third kappa shape index (κ3) is 4.52. The van der Waals surface area contributed by atoms with Crippen LogP contribution in [0.4, 0.5) is 0 Å². The van der Waals surface area contributed by atoms with E-state index in [1.807, 2.05) is 0 Å². The van der Waals surface area contributed by atoms with Crippen molar-refractivity contribution in [2.24, 2.45) is 11.8 Å². The van der Waals surface area contributed by atoms with Gasteiger partial charge in [0.2, 0.25) is 0 Å². The minimum absolute atomic E-state index is 0.0229. The molecule has 0 aliphatic heterocycles. The number of nitrogens with one attached hydrogen (secondary N) is 1. The van der Waals surface area contributed by atoms with Crippen molar-refractivity contribution >= 4 is 46.7 Å². The van der Waals surface area contributed by atoms with E-state index in [1.54, 1.807) is 0 Å². The Bertz CT molecular complexity index is 639. The maximum absolute atomic E-state index is 12.0. The molecule has 0 aromatic carbocycles. The van der Waals surface area contributed by atoms with Crippen molar-refractivity contribution in [3.05, 3.63) is 27.0 Å². The zero-order valence-corrected chi connectivity index (χ0v) is 15.7. The molecule has 132 valence electrons.